The van der Waals surface area contributed by atoms with E-state index in [4.69, 9.17) is 4.74 Å². The van der Waals surface area contributed by atoms with Gasteiger partial charge in [0.05, 0.1) is 13.2 Å². The van der Waals surface area contributed by atoms with Gasteiger partial charge < -0.3 is 10.1 Å². The number of benzene rings is 1. The third-order valence-corrected chi connectivity index (χ3v) is 2.82. The minimum atomic E-state index is -0.472. The molecule has 0 spiro atoms. The van der Waals surface area contributed by atoms with E-state index in [1.807, 2.05) is 0 Å². The summed E-state index contributed by atoms with van der Waals surface area (Å²) in [5, 5.41) is 9.05. The van der Waals surface area contributed by atoms with Gasteiger partial charge in [-0.25, -0.2) is 9.37 Å². The summed E-state index contributed by atoms with van der Waals surface area (Å²) in [5.74, 6) is -0.114. The van der Waals surface area contributed by atoms with Gasteiger partial charge in [0, 0.05) is 0 Å². The fourth-order valence-electron chi connectivity index (χ4n) is 1.74. The first kappa shape index (κ1) is 14.0. The highest BCUT2D eigenvalue weighted by Gasteiger charge is 2.16. The molecular weight excluding hydrogens is 263 g/mol. The predicted molar refractivity (Wildman–Crippen MR) is 70.0 cm³/mol. The first-order valence-electron chi connectivity index (χ1n) is 6.04. The average molecular weight is 278 g/mol. The number of carbonyl (C=O) groups is 1. The zero-order valence-electron chi connectivity index (χ0n) is 11.4. The number of aromatic nitrogens is 3. The van der Waals surface area contributed by atoms with Crippen LogP contribution < -0.4 is 10.1 Å². The highest BCUT2D eigenvalue weighted by Crippen LogP contribution is 2.21. The quantitative estimate of drug-likeness (QED) is 0.893. The number of halogens is 1. The SMILES string of the molecule is COc1ccc(C(C)NC(=O)c2n[nH]c(C)n2)cc1F. The maximum atomic E-state index is 13.6. The number of nitrogens with zero attached hydrogens (tertiary/aromatic N) is 2. The summed E-state index contributed by atoms with van der Waals surface area (Å²) in [6, 6.07) is 4.16. The molecule has 0 saturated carbocycles. The lowest BCUT2D eigenvalue weighted by molar-refractivity contribution is 0.0929. The van der Waals surface area contributed by atoms with E-state index in [2.05, 4.69) is 20.5 Å². The largest absolute Gasteiger partial charge is 0.494 e. The number of hydrogen-bond acceptors (Lipinski definition) is 4. The molecule has 1 heterocycles. The van der Waals surface area contributed by atoms with Gasteiger partial charge in [-0.1, -0.05) is 6.07 Å². The molecule has 0 aliphatic rings. The lowest BCUT2D eigenvalue weighted by Crippen LogP contribution is -2.27. The van der Waals surface area contributed by atoms with Gasteiger partial charge >= 0.3 is 0 Å². The van der Waals surface area contributed by atoms with Gasteiger partial charge in [-0.2, -0.15) is 0 Å². The Morgan fingerprint density at radius 1 is 1.50 bits per heavy atom. The number of amides is 1. The molecular formula is C13H15FN4O2. The highest BCUT2D eigenvalue weighted by molar-refractivity contribution is 5.90. The van der Waals surface area contributed by atoms with Crippen LogP contribution in [0.25, 0.3) is 0 Å². The number of ether oxygens (including phenoxy) is 1. The van der Waals surface area contributed by atoms with Gasteiger partial charge in [0.2, 0.25) is 5.82 Å². The van der Waals surface area contributed by atoms with Crippen LogP contribution in [-0.2, 0) is 0 Å². The second-order valence-corrected chi connectivity index (χ2v) is 4.33. The average Bonchev–Trinajstić information content (AvgIpc) is 2.85. The molecule has 0 aliphatic carbocycles. The van der Waals surface area contributed by atoms with Crippen LogP contribution in [0.5, 0.6) is 5.75 Å². The Morgan fingerprint density at radius 3 is 2.80 bits per heavy atom. The maximum Gasteiger partial charge on any atom is 0.291 e. The van der Waals surface area contributed by atoms with E-state index in [-0.39, 0.29) is 17.6 Å². The third kappa shape index (κ3) is 2.93. The molecule has 1 amide bonds. The molecule has 0 saturated heterocycles. The van der Waals surface area contributed by atoms with Gasteiger partial charge in [0.1, 0.15) is 5.82 Å². The minimum Gasteiger partial charge on any atom is -0.494 e. The van der Waals surface area contributed by atoms with E-state index in [0.717, 1.165) is 0 Å². The molecule has 0 radical (unpaired) electrons. The Kier molecular flexibility index (Phi) is 3.97. The normalized spacial score (nSPS) is 12.0. The summed E-state index contributed by atoms with van der Waals surface area (Å²) >= 11 is 0. The van der Waals surface area contributed by atoms with E-state index in [9.17, 15) is 9.18 Å². The molecule has 1 atom stereocenters. The smallest absolute Gasteiger partial charge is 0.291 e. The summed E-state index contributed by atoms with van der Waals surface area (Å²) in [4.78, 5) is 15.8. The fraction of sp³-hybridized carbons (Fsp3) is 0.308. The van der Waals surface area contributed by atoms with Crippen molar-refractivity contribution < 1.29 is 13.9 Å². The van der Waals surface area contributed by atoms with Crippen molar-refractivity contribution in [2.45, 2.75) is 19.9 Å². The van der Waals surface area contributed by atoms with Crippen molar-refractivity contribution in [1.82, 2.24) is 20.5 Å². The lowest BCUT2D eigenvalue weighted by atomic mass is 10.1. The molecule has 1 aromatic carbocycles. The van der Waals surface area contributed by atoms with Crippen molar-refractivity contribution in [2.24, 2.45) is 0 Å². The number of aromatic amines is 1. The molecule has 1 unspecified atom stereocenters. The molecule has 1 aromatic heterocycles. The van der Waals surface area contributed by atoms with Crippen LogP contribution in [0.3, 0.4) is 0 Å². The molecule has 0 aliphatic heterocycles. The molecule has 7 heteroatoms. The summed E-state index contributed by atoms with van der Waals surface area (Å²) in [5.41, 5.74) is 0.629. The molecule has 2 N–H and O–H groups in total. The van der Waals surface area contributed by atoms with Gasteiger partial charge in [0.15, 0.2) is 11.6 Å². The molecule has 20 heavy (non-hydrogen) atoms. The van der Waals surface area contributed by atoms with Gasteiger partial charge in [-0.3, -0.25) is 9.89 Å². The topological polar surface area (TPSA) is 79.9 Å². The van der Waals surface area contributed by atoms with Crippen molar-refractivity contribution in [3.05, 3.63) is 41.2 Å². The number of aryl methyl sites for hydroxylation is 1. The summed E-state index contributed by atoms with van der Waals surface area (Å²) in [6.45, 7) is 3.45. The number of rotatable bonds is 4. The number of methoxy groups -OCH3 is 1. The van der Waals surface area contributed by atoms with Crippen LogP contribution in [0.2, 0.25) is 0 Å². The Labute approximate surface area is 115 Å². The van der Waals surface area contributed by atoms with Gasteiger partial charge in [0.25, 0.3) is 5.91 Å². The van der Waals surface area contributed by atoms with Crippen LogP contribution in [0, 0.1) is 12.7 Å². The van der Waals surface area contributed by atoms with Crippen molar-refractivity contribution in [2.75, 3.05) is 7.11 Å². The van der Waals surface area contributed by atoms with Crippen molar-refractivity contribution in [3.63, 3.8) is 0 Å². The first-order chi connectivity index (χ1) is 9.51. The monoisotopic (exact) mass is 278 g/mol. The standard InChI is InChI=1S/C13H15FN4O2/c1-7(9-4-5-11(20-3)10(14)6-9)15-13(19)12-16-8(2)17-18-12/h4-7H,1-3H3,(H,15,19)(H,16,17,18). The van der Waals surface area contributed by atoms with Crippen molar-refractivity contribution >= 4 is 5.91 Å². The van der Waals surface area contributed by atoms with E-state index in [1.165, 1.54) is 19.2 Å². The summed E-state index contributed by atoms with van der Waals surface area (Å²) in [6.07, 6.45) is 0. The maximum absolute atomic E-state index is 13.6. The van der Waals surface area contributed by atoms with Crippen molar-refractivity contribution in [1.29, 1.82) is 0 Å². The predicted octanol–water partition coefficient (Wildman–Crippen LogP) is 1.75. The Morgan fingerprint density at radius 2 is 2.25 bits per heavy atom. The second kappa shape index (κ2) is 5.68. The fourth-order valence-corrected chi connectivity index (χ4v) is 1.74. The minimum absolute atomic E-state index is 0.0586. The van der Waals surface area contributed by atoms with Crippen LogP contribution in [0.15, 0.2) is 18.2 Å². The van der Waals surface area contributed by atoms with Crippen LogP contribution in [0.4, 0.5) is 4.39 Å². The molecule has 0 bridgehead atoms. The number of hydrogen-bond donors (Lipinski definition) is 2. The Balaban J connectivity index is 2.10. The molecule has 0 fully saturated rings. The zero-order valence-corrected chi connectivity index (χ0v) is 11.4. The Bertz CT molecular complexity index is 627. The van der Waals surface area contributed by atoms with E-state index in [1.54, 1.807) is 19.9 Å². The highest BCUT2D eigenvalue weighted by atomic mass is 19.1. The van der Waals surface area contributed by atoms with E-state index >= 15 is 0 Å². The van der Waals surface area contributed by atoms with Gasteiger partial charge in [-0.05, 0) is 31.5 Å². The number of H-pyrrole nitrogens is 1. The summed E-state index contributed by atoms with van der Waals surface area (Å²) in [7, 11) is 1.40. The molecule has 6 nitrogen and oxygen atoms in total. The number of carbonyl (C=O) groups excluding carboxylic acids is 1. The molecule has 2 aromatic rings. The first-order valence-corrected chi connectivity index (χ1v) is 6.04. The number of nitrogens with one attached hydrogen (secondary N) is 2. The van der Waals surface area contributed by atoms with Crippen molar-refractivity contribution in [3.8, 4) is 5.75 Å². The van der Waals surface area contributed by atoms with E-state index < -0.39 is 11.7 Å². The molecule has 2 rings (SSSR count). The van der Waals surface area contributed by atoms with Crippen LogP contribution in [-0.4, -0.2) is 28.2 Å². The zero-order chi connectivity index (χ0) is 14.7. The van der Waals surface area contributed by atoms with Crippen LogP contribution >= 0.6 is 0 Å². The third-order valence-electron chi connectivity index (χ3n) is 2.82. The molecule has 106 valence electrons. The van der Waals surface area contributed by atoms with Gasteiger partial charge in [-0.15, -0.1) is 5.10 Å². The summed E-state index contributed by atoms with van der Waals surface area (Å²) < 4.78 is 18.5. The lowest BCUT2D eigenvalue weighted by Gasteiger charge is -2.14. The second-order valence-electron chi connectivity index (χ2n) is 4.33. The Hall–Kier alpha value is -2.44. The van der Waals surface area contributed by atoms with E-state index in [0.29, 0.717) is 11.4 Å². The van der Waals surface area contributed by atoms with Crippen LogP contribution in [0.1, 0.15) is 35.0 Å².